The third-order valence-electron chi connectivity index (χ3n) is 9.25. The molecule has 2 aliphatic rings. The van der Waals surface area contributed by atoms with Crippen LogP contribution in [0.3, 0.4) is 0 Å². The Balaban J connectivity index is 1.32. The van der Waals surface area contributed by atoms with Gasteiger partial charge in [0, 0.05) is 30.6 Å². The van der Waals surface area contributed by atoms with Crippen LogP contribution in [0.25, 0.3) is 45.6 Å². The van der Waals surface area contributed by atoms with E-state index in [9.17, 15) is 0 Å². The van der Waals surface area contributed by atoms with Gasteiger partial charge in [0.15, 0.2) is 0 Å². The molecule has 0 saturated heterocycles. The van der Waals surface area contributed by atoms with E-state index in [1.807, 2.05) is 22.7 Å². The lowest BCUT2D eigenvalue weighted by Crippen LogP contribution is -2.28. The molecule has 0 bridgehead atoms. The van der Waals surface area contributed by atoms with Crippen LogP contribution < -0.4 is 0 Å². The van der Waals surface area contributed by atoms with E-state index in [-0.39, 0.29) is 0 Å². The van der Waals surface area contributed by atoms with Crippen LogP contribution in [-0.4, -0.2) is 8.80 Å². The zero-order valence-electron chi connectivity index (χ0n) is 25.2. The molecular formula is C41H33S2Si. The Labute approximate surface area is 270 Å². The lowest BCUT2D eigenvalue weighted by molar-refractivity contribution is 1.12. The smallest absolute Gasteiger partial charge is 0.0728 e. The average molecular weight is 618 g/mol. The highest BCUT2D eigenvalue weighted by molar-refractivity contribution is 7.13. The fourth-order valence-corrected chi connectivity index (χ4v) is 12.6. The van der Waals surface area contributed by atoms with Gasteiger partial charge in [0.05, 0.1) is 8.80 Å². The summed E-state index contributed by atoms with van der Waals surface area (Å²) in [7, 11) is -1.06. The summed E-state index contributed by atoms with van der Waals surface area (Å²) in [5.74, 6) is 0. The van der Waals surface area contributed by atoms with Crippen LogP contribution >= 0.6 is 22.7 Å². The van der Waals surface area contributed by atoms with Crippen LogP contribution in [0.15, 0.2) is 121 Å². The number of benzene rings is 4. The first-order chi connectivity index (χ1) is 21.6. The summed E-state index contributed by atoms with van der Waals surface area (Å²) in [6, 6.07) is 45.2. The number of fused-ring (bicyclic) bond motifs is 2. The Bertz CT molecular complexity index is 1910. The Morgan fingerprint density at radius 1 is 0.477 bits per heavy atom. The van der Waals surface area contributed by atoms with Crippen molar-refractivity contribution >= 4 is 54.8 Å². The van der Waals surface area contributed by atoms with Gasteiger partial charge in [0.1, 0.15) is 0 Å². The minimum Gasteiger partial charge on any atom is -0.141 e. The zero-order valence-corrected chi connectivity index (χ0v) is 27.8. The van der Waals surface area contributed by atoms with E-state index in [0.717, 1.165) is 0 Å². The first kappa shape index (κ1) is 27.5. The summed E-state index contributed by atoms with van der Waals surface area (Å²) in [6.45, 7) is 7.08. The molecule has 0 amide bonds. The first-order valence-corrected chi connectivity index (χ1v) is 19.1. The minimum atomic E-state index is -1.06. The summed E-state index contributed by atoms with van der Waals surface area (Å²) < 4.78 is 0. The van der Waals surface area contributed by atoms with Gasteiger partial charge in [0.25, 0.3) is 0 Å². The predicted octanol–water partition coefficient (Wildman–Crippen LogP) is 11.9. The molecule has 0 saturated carbocycles. The lowest BCUT2D eigenvalue weighted by atomic mass is 9.97. The van der Waals surface area contributed by atoms with Crippen LogP contribution in [0.5, 0.6) is 0 Å². The molecule has 213 valence electrons. The van der Waals surface area contributed by atoms with E-state index in [0.29, 0.717) is 11.1 Å². The van der Waals surface area contributed by atoms with E-state index in [4.69, 9.17) is 0 Å². The van der Waals surface area contributed by atoms with Gasteiger partial charge >= 0.3 is 0 Å². The van der Waals surface area contributed by atoms with Gasteiger partial charge in [0.2, 0.25) is 0 Å². The van der Waals surface area contributed by atoms with Crippen molar-refractivity contribution in [3.8, 4) is 22.3 Å². The molecule has 0 fully saturated rings. The predicted molar refractivity (Wildman–Crippen MR) is 195 cm³/mol. The number of aryl methyl sites for hydroxylation is 2. The van der Waals surface area contributed by atoms with Gasteiger partial charge in [-0.05, 0) is 106 Å². The molecule has 4 aromatic carbocycles. The maximum absolute atomic E-state index is 2.61. The highest BCUT2D eigenvalue weighted by Crippen LogP contribution is 2.55. The van der Waals surface area contributed by atoms with Crippen molar-refractivity contribution < 1.29 is 0 Å². The van der Waals surface area contributed by atoms with Crippen LogP contribution in [0, 0.1) is 13.8 Å². The van der Waals surface area contributed by atoms with Crippen molar-refractivity contribution in [2.24, 2.45) is 0 Å². The first-order valence-electron chi connectivity index (χ1n) is 15.3. The normalized spacial score (nSPS) is 17.0. The second-order valence-corrected chi connectivity index (χ2v) is 17.2. The van der Waals surface area contributed by atoms with Gasteiger partial charge in [-0.25, -0.2) is 0 Å². The number of hydrogen-bond acceptors (Lipinski definition) is 2. The number of rotatable bonds is 6. The zero-order chi connectivity index (χ0) is 29.8. The maximum atomic E-state index is 2.61. The fourth-order valence-electron chi connectivity index (χ4n) is 7.30. The minimum absolute atomic E-state index is 0.387. The maximum Gasteiger partial charge on any atom is 0.0728 e. The largest absolute Gasteiger partial charge is 0.141 e. The van der Waals surface area contributed by atoms with Crippen molar-refractivity contribution in [1.82, 2.24) is 0 Å². The summed E-state index contributed by atoms with van der Waals surface area (Å²) in [6.07, 6.45) is 5.08. The molecule has 0 aliphatic heterocycles. The van der Waals surface area contributed by atoms with Crippen molar-refractivity contribution in [2.75, 3.05) is 0 Å². The molecule has 2 atom stereocenters. The summed E-state index contributed by atoms with van der Waals surface area (Å²) in [5.41, 5.74) is 14.9. The van der Waals surface area contributed by atoms with Crippen molar-refractivity contribution in [3.63, 3.8) is 0 Å². The molecular weight excluding hydrogens is 585 g/mol. The topological polar surface area (TPSA) is 0 Å². The van der Waals surface area contributed by atoms with Gasteiger partial charge in [-0.2, -0.15) is 0 Å². The molecule has 1 radical (unpaired) electrons. The van der Waals surface area contributed by atoms with Crippen LogP contribution in [0.2, 0.25) is 6.55 Å². The monoisotopic (exact) mass is 617 g/mol. The molecule has 2 aromatic heterocycles. The van der Waals surface area contributed by atoms with Crippen molar-refractivity contribution in [1.29, 1.82) is 0 Å². The number of allylic oxidation sites excluding steroid dienone is 2. The number of hydrogen-bond donors (Lipinski definition) is 0. The van der Waals surface area contributed by atoms with E-state index in [2.05, 4.69) is 154 Å². The van der Waals surface area contributed by atoms with Crippen molar-refractivity contribution in [3.05, 3.63) is 163 Å². The van der Waals surface area contributed by atoms with E-state index < -0.39 is 8.80 Å². The molecule has 0 N–H and O–H groups in total. The molecule has 6 aromatic rings. The molecule has 3 heteroatoms. The van der Waals surface area contributed by atoms with Gasteiger partial charge in [-0.15, -0.1) is 22.7 Å². The van der Waals surface area contributed by atoms with Gasteiger partial charge in [-0.1, -0.05) is 104 Å². The van der Waals surface area contributed by atoms with E-state index in [1.54, 1.807) is 0 Å². The van der Waals surface area contributed by atoms with Crippen molar-refractivity contribution in [2.45, 2.75) is 31.5 Å². The van der Waals surface area contributed by atoms with E-state index >= 15 is 0 Å². The third-order valence-corrected chi connectivity index (χ3v) is 14.4. The second kappa shape index (κ2) is 11.2. The molecule has 2 aliphatic carbocycles. The third kappa shape index (κ3) is 4.62. The van der Waals surface area contributed by atoms with Crippen LogP contribution in [0.1, 0.15) is 52.8 Å². The highest BCUT2D eigenvalue weighted by atomic mass is 32.1. The molecule has 2 unspecified atom stereocenters. The Morgan fingerprint density at radius 3 is 1.30 bits per heavy atom. The van der Waals surface area contributed by atoms with E-state index in [1.165, 1.54) is 75.2 Å². The average Bonchev–Trinajstić information content (AvgIpc) is 3.85. The highest BCUT2D eigenvalue weighted by Gasteiger charge is 2.42. The Morgan fingerprint density at radius 2 is 0.909 bits per heavy atom. The Kier molecular flexibility index (Phi) is 6.98. The molecule has 0 spiro atoms. The lowest BCUT2D eigenvalue weighted by Gasteiger charge is -2.30. The molecule has 44 heavy (non-hydrogen) atoms. The summed E-state index contributed by atoms with van der Waals surface area (Å²) in [4.78, 5) is 5.58. The van der Waals surface area contributed by atoms with Crippen LogP contribution in [0.4, 0.5) is 0 Å². The standard InChI is InChI=1S/C41H33S2Si/c1-26-20-22-38(42-26)36-24-34-30(28-12-6-4-7-13-28)16-10-18-32(34)40(36)44(3)41-33-19-11-17-31(29-14-8-5-9-15-29)35(33)25-37(41)39-23-21-27(2)43-39/h4-25,40-41H,1-3H3. The second-order valence-electron chi connectivity index (χ2n) is 12.0. The molecule has 8 rings (SSSR count). The summed E-state index contributed by atoms with van der Waals surface area (Å²) in [5, 5.41) is 0. The van der Waals surface area contributed by atoms with Gasteiger partial charge < -0.3 is 0 Å². The Hall–Kier alpha value is -4.02. The molecule has 2 heterocycles. The quantitative estimate of drug-likeness (QED) is 0.163. The van der Waals surface area contributed by atoms with Crippen LogP contribution in [-0.2, 0) is 0 Å². The SMILES string of the molecule is Cc1ccc(C2=Cc3c(-c4ccccc4)cccc3C2[Si](C)C2C(c3ccc(C)s3)=Cc3c(-c4ccccc4)cccc32)s1. The van der Waals surface area contributed by atoms with Gasteiger partial charge in [-0.3, -0.25) is 0 Å². The fraction of sp³-hybridized carbons (Fsp3) is 0.122. The number of thiophene rings is 2. The summed E-state index contributed by atoms with van der Waals surface area (Å²) >= 11 is 3.88. The molecule has 0 nitrogen and oxygen atoms in total.